The summed E-state index contributed by atoms with van der Waals surface area (Å²) in [5.41, 5.74) is 0. The number of hydrogen-bond donors (Lipinski definition) is 2. The minimum absolute atomic E-state index is 0.174. The Hall–Kier alpha value is -2.08. The lowest BCUT2D eigenvalue weighted by molar-refractivity contribution is 0.145. The summed E-state index contributed by atoms with van der Waals surface area (Å²) in [6.07, 6.45) is 6.76. The highest BCUT2D eigenvalue weighted by molar-refractivity contribution is 5.43. The number of aliphatic hydroxyl groups is 1. The van der Waals surface area contributed by atoms with Gasteiger partial charge in [0, 0.05) is 31.7 Å². The van der Waals surface area contributed by atoms with E-state index in [1.54, 1.807) is 12.5 Å². The van der Waals surface area contributed by atoms with Crippen molar-refractivity contribution in [1.29, 1.82) is 0 Å². The second-order valence-corrected chi connectivity index (χ2v) is 6.12. The molecule has 0 unspecified atom stereocenters. The second kappa shape index (κ2) is 7.46. The van der Waals surface area contributed by atoms with Gasteiger partial charge in [0.1, 0.15) is 11.6 Å². The van der Waals surface area contributed by atoms with Gasteiger partial charge in [0.2, 0.25) is 5.95 Å². The molecule has 0 radical (unpaired) electrons. The largest absolute Gasteiger partial charge is 0.469 e. The molecule has 1 aliphatic heterocycles. The summed E-state index contributed by atoms with van der Waals surface area (Å²) in [4.78, 5) is 11.1. The molecule has 124 valence electrons. The minimum atomic E-state index is -0.174. The quantitative estimate of drug-likeness (QED) is 0.853. The maximum atomic E-state index is 9.61. The molecule has 2 N–H and O–H groups in total. The summed E-state index contributed by atoms with van der Waals surface area (Å²) >= 11 is 0. The molecule has 1 aliphatic rings. The number of nitrogens with one attached hydrogen (secondary N) is 1. The summed E-state index contributed by atoms with van der Waals surface area (Å²) in [5, 5.41) is 13.0. The first-order valence-corrected chi connectivity index (χ1v) is 8.25. The molecule has 6 heteroatoms. The smallest absolute Gasteiger partial charge is 0.224 e. The Morgan fingerprint density at radius 1 is 1.39 bits per heavy atom. The lowest BCUT2D eigenvalue weighted by Crippen LogP contribution is -2.36. The van der Waals surface area contributed by atoms with Crippen LogP contribution in [-0.4, -0.2) is 40.3 Å². The van der Waals surface area contributed by atoms with Crippen molar-refractivity contribution in [2.75, 3.05) is 23.3 Å². The van der Waals surface area contributed by atoms with Crippen LogP contribution >= 0.6 is 0 Å². The number of aromatic nitrogens is 2. The fraction of sp³-hybridized carbons (Fsp3) is 0.529. The highest BCUT2D eigenvalue weighted by Gasteiger charge is 2.18. The predicted molar refractivity (Wildman–Crippen MR) is 89.6 cm³/mol. The van der Waals surface area contributed by atoms with Gasteiger partial charge in [-0.3, -0.25) is 0 Å². The van der Waals surface area contributed by atoms with Crippen molar-refractivity contribution in [3.63, 3.8) is 0 Å². The average Bonchev–Trinajstić information content (AvgIpc) is 3.07. The maximum absolute atomic E-state index is 9.61. The van der Waals surface area contributed by atoms with Crippen LogP contribution in [0.25, 0.3) is 0 Å². The lowest BCUT2D eigenvalue weighted by Gasteiger charge is -2.30. The third-order valence-corrected chi connectivity index (χ3v) is 4.21. The third kappa shape index (κ3) is 4.45. The fourth-order valence-corrected chi connectivity index (χ4v) is 2.80. The monoisotopic (exact) mass is 316 g/mol. The van der Waals surface area contributed by atoms with Crippen LogP contribution < -0.4 is 10.2 Å². The molecule has 0 amide bonds. The molecule has 1 fully saturated rings. The summed E-state index contributed by atoms with van der Waals surface area (Å²) in [6.45, 7) is 3.80. The Labute approximate surface area is 136 Å². The molecule has 3 rings (SSSR count). The number of nitrogens with zero attached hydrogens (tertiary/aromatic N) is 3. The van der Waals surface area contributed by atoms with Crippen molar-refractivity contribution in [2.45, 2.75) is 44.8 Å². The van der Waals surface area contributed by atoms with Gasteiger partial charge in [0.15, 0.2) is 0 Å². The number of anilines is 2. The first-order valence-electron chi connectivity index (χ1n) is 8.25. The minimum Gasteiger partial charge on any atom is -0.469 e. The SMILES string of the molecule is C[C@@H](CCc1ccco1)Nc1nccc(N2CCC(O)CC2)n1. The van der Waals surface area contributed by atoms with Crippen molar-refractivity contribution < 1.29 is 9.52 Å². The van der Waals surface area contributed by atoms with E-state index in [1.807, 2.05) is 18.2 Å². The van der Waals surface area contributed by atoms with Gasteiger partial charge >= 0.3 is 0 Å². The standard InChI is InChI=1S/C17H24N4O2/c1-13(4-5-15-3-2-12-23-15)19-17-18-9-6-16(20-17)21-10-7-14(22)8-11-21/h2-3,6,9,12-14,22H,4-5,7-8,10-11H2,1H3,(H,18,19,20)/t13-/m0/s1. The van der Waals surface area contributed by atoms with Crippen LogP contribution in [0.1, 0.15) is 31.9 Å². The molecule has 6 nitrogen and oxygen atoms in total. The first kappa shape index (κ1) is 15.8. The van der Waals surface area contributed by atoms with E-state index in [0.717, 1.165) is 50.4 Å². The van der Waals surface area contributed by atoms with Crippen LogP contribution in [-0.2, 0) is 6.42 Å². The second-order valence-electron chi connectivity index (χ2n) is 6.12. The Bertz CT molecular complexity index is 594. The van der Waals surface area contributed by atoms with E-state index < -0.39 is 0 Å². The summed E-state index contributed by atoms with van der Waals surface area (Å²) in [5.74, 6) is 2.58. The average molecular weight is 316 g/mol. The number of aryl methyl sites for hydroxylation is 1. The number of rotatable bonds is 6. The number of furan rings is 1. The Morgan fingerprint density at radius 2 is 2.22 bits per heavy atom. The van der Waals surface area contributed by atoms with Crippen LogP contribution in [0.4, 0.5) is 11.8 Å². The van der Waals surface area contributed by atoms with Gasteiger partial charge in [-0.2, -0.15) is 4.98 Å². The fourth-order valence-electron chi connectivity index (χ4n) is 2.80. The zero-order chi connectivity index (χ0) is 16.1. The van der Waals surface area contributed by atoms with Crippen LogP contribution in [0.3, 0.4) is 0 Å². The third-order valence-electron chi connectivity index (χ3n) is 4.21. The number of piperidine rings is 1. The van der Waals surface area contributed by atoms with Gasteiger partial charge in [-0.15, -0.1) is 0 Å². The molecule has 23 heavy (non-hydrogen) atoms. The van der Waals surface area contributed by atoms with Crippen LogP contribution in [0.2, 0.25) is 0 Å². The zero-order valence-corrected chi connectivity index (χ0v) is 13.5. The van der Waals surface area contributed by atoms with E-state index in [0.29, 0.717) is 5.95 Å². The maximum Gasteiger partial charge on any atom is 0.224 e. The molecule has 0 bridgehead atoms. The molecule has 0 spiro atoms. The van der Waals surface area contributed by atoms with Gasteiger partial charge in [0.05, 0.1) is 12.4 Å². The van der Waals surface area contributed by atoms with E-state index in [1.165, 1.54) is 0 Å². The van der Waals surface area contributed by atoms with E-state index in [2.05, 4.69) is 27.1 Å². The molecule has 2 aromatic rings. The molecular formula is C17H24N4O2. The van der Waals surface area contributed by atoms with E-state index in [9.17, 15) is 5.11 Å². The van der Waals surface area contributed by atoms with Crippen molar-refractivity contribution in [1.82, 2.24) is 9.97 Å². The number of aliphatic hydroxyl groups excluding tert-OH is 1. The topological polar surface area (TPSA) is 74.4 Å². The van der Waals surface area contributed by atoms with Crippen LogP contribution in [0, 0.1) is 0 Å². The van der Waals surface area contributed by atoms with Gasteiger partial charge < -0.3 is 19.7 Å². The summed E-state index contributed by atoms with van der Waals surface area (Å²) in [7, 11) is 0. The van der Waals surface area contributed by atoms with E-state index in [-0.39, 0.29) is 12.1 Å². The van der Waals surface area contributed by atoms with Crippen LogP contribution in [0.5, 0.6) is 0 Å². The lowest BCUT2D eigenvalue weighted by atomic mass is 10.1. The molecule has 3 heterocycles. The van der Waals surface area contributed by atoms with Crippen molar-refractivity contribution >= 4 is 11.8 Å². The van der Waals surface area contributed by atoms with E-state index in [4.69, 9.17) is 4.42 Å². The first-order chi connectivity index (χ1) is 11.2. The summed E-state index contributed by atoms with van der Waals surface area (Å²) < 4.78 is 5.36. The molecule has 1 saturated heterocycles. The predicted octanol–water partition coefficient (Wildman–Crippen LogP) is 2.46. The van der Waals surface area contributed by atoms with Gasteiger partial charge in [-0.25, -0.2) is 4.98 Å². The van der Waals surface area contributed by atoms with Crippen molar-refractivity contribution in [3.05, 3.63) is 36.4 Å². The molecule has 0 aliphatic carbocycles. The molecule has 0 saturated carbocycles. The van der Waals surface area contributed by atoms with Gasteiger partial charge in [-0.1, -0.05) is 0 Å². The van der Waals surface area contributed by atoms with Crippen molar-refractivity contribution in [3.8, 4) is 0 Å². The Balaban J connectivity index is 1.54. The Kier molecular flexibility index (Phi) is 5.12. The highest BCUT2D eigenvalue weighted by Crippen LogP contribution is 2.19. The Morgan fingerprint density at radius 3 is 2.96 bits per heavy atom. The molecule has 1 atom stereocenters. The molecule has 0 aromatic carbocycles. The molecular weight excluding hydrogens is 292 g/mol. The highest BCUT2D eigenvalue weighted by atomic mass is 16.3. The van der Waals surface area contributed by atoms with Crippen LogP contribution in [0.15, 0.2) is 35.1 Å². The normalized spacial score (nSPS) is 17.2. The molecule has 2 aromatic heterocycles. The zero-order valence-electron chi connectivity index (χ0n) is 13.5. The summed E-state index contributed by atoms with van der Waals surface area (Å²) in [6, 6.07) is 6.10. The number of hydrogen-bond acceptors (Lipinski definition) is 6. The van der Waals surface area contributed by atoms with Gasteiger partial charge in [0.25, 0.3) is 0 Å². The van der Waals surface area contributed by atoms with Crippen molar-refractivity contribution in [2.24, 2.45) is 0 Å². The van der Waals surface area contributed by atoms with Gasteiger partial charge in [-0.05, 0) is 44.4 Å². The van der Waals surface area contributed by atoms with E-state index >= 15 is 0 Å².